The van der Waals surface area contributed by atoms with Gasteiger partial charge in [0.05, 0.1) is 18.8 Å². The zero-order chi connectivity index (χ0) is 19.5. The maximum atomic E-state index is 12.6. The summed E-state index contributed by atoms with van der Waals surface area (Å²) in [5, 5.41) is 7.68. The summed E-state index contributed by atoms with van der Waals surface area (Å²) >= 11 is 0. The Morgan fingerprint density at radius 3 is 2.50 bits per heavy atom. The number of benzene rings is 2. The van der Waals surface area contributed by atoms with Gasteiger partial charge in [-0.1, -0.05) is 30.3 Å². The molecule has 1 heterocycles. The normalized spacial score (nSPS) is 15.6. The van der Waals surface area contributed by atoms with Crippen LogP contribution in [0.25, 0.3) is 0 Å². The molecule has 6 heteroatoms. The molecule has 0 spiro atoms. The van der Waals surface area contributed by atoms with E-state index in [9.17, 15) is 9.59 Å². The number of fused-ring (bicyclic) bond motifs is 1. The van der Waals surface area contributed by atoms with Crippen LogP contribution in [-0.2, 0) is 13.0 Å². The lowest BCUT2D eigenvalue weighted by atomic mass is 9.92. The molecule has 0 saturated heterocycles. The minimum absolute atomic E-state index is 0.0587. The molecular weight excluding hydrogens is 352 g/mol. The first-order valence-electron chi connectivity index (χ1n) is 9.41. The average Bonchev–Trinajstić information content (AvgIpc) is 3.13. The van der Waals surface area contributed by atoms with Gasteiger partial charge in [0.25, 0.3) is 5.91 Å². The van der Waals surface area contributed by atoms with E-state index in [-0.39, 0.29) is 11.9 Å². The Morgan fingerprint density at radius 1 is 1.07 bits per heavy atom. The van der Waals surface area contributed by atoms with Gasteiger partial charge in [-0.15, -0.1) is 0 Å². The van der Waals surface area contributed by atoms with Crippen LogP contribution in [0.5, 0.6) is 0 Å². The fraction of sp³-hybridized carbons (Fsp3) is 0.227. The second kappa shape index (κ2) is 7.68. The molecule has 28 heavy (non-hydrogen) atoms. The van der Waals surface area contributed by atoms with E-state index in [2.05, 4.69) is 22.5 Å². The van der Waals surface area contributed by atoms with E-state index in [1.54, 1.807) is 24.3 Å². The second-order valence-corrected chi connectivity index (χ2v) is 7.05. The van der Waals surface area contributed by atoms with Crippen LogP contribution < -0.4 is 11.1 Å². The van der Waals surface area contributed by atoms with E-state index < -0.39 is 5.91 Å². The van der Waals surface area contributed by atoms with Crippen molar-refractivity contribution in [2.75, 3.05) is 0 Å². The average molecular weight is 374 g/mol. The fourth-order valence-electron chi connectivity index (χ4n) is 3.69. The summed E-state index contributed by atoms with van der Waals surface area (Å²) in [5.74, 6) is -0.667. The van der Waals surface area contributed by atoms with E-state index in [1.165, 1.54) is 11.3 Å². The minimum atomic E-state index is -0.505. The van der Waals surface area contributed by atoms with Crippen LogP contribution in [0.4, 0.5) is 0 Å². The largest absolute Gasteiger partial charge is 0.366 e. The van der Waals surface area contributed by atoms with Gasteiger partial charge in [0, 0.05) is 22.4 Å². The number of carbonyl (C=O) groups excluding carboxylic acids is 2. The van der Waals surface area contributed by atoms with E-state index in [0.29, 0.717) is 11.1 Å². The highest BCUT2D eigenvalue weighted by molar-refractivity contribution is 5.97. The highest BCUT2D eigenvalue weighted by Crippen LogP contribution is 2.30. The topological polar surface area (TPSA) is 90.0 Å². The fourth-order valence-corrected chi connectivity index (χ4v) is 3.69. The molecule has 1 aliphatic rings. The summed E-state index contributed by atoms with van der Waals surface area (Å²) in [6.07, 6.45) is 4.72. The minimum Gasteiger partial charge on any atom is -0.366 e. The Balaban J connectivity index is 1.50. The Bertz CT molecular complexity index is 993. The van der Waals surface area contributed by atoms with Gasteiger partial charge < -0.3 is 11.1 Å². The third kappa shape index (κ3) is 3.67. The molecule has 0 aliphatic heterocycles. The van der Waals surface area contributed by atoms with Gasteiger partial charge in [-0.3, -0.25) is 14.3 Å². The lowest BCUT2D eigenvalue weighted by Gasteiger charge is -2.24. The van der Waals surface area contributed by atoms with Crippen molar-refractivity contribution in [3.63, 3.8) is 0 Å². The van der Waals surface area contributed by atoms with Gasteiger partial charge in [-0.2, -0.15) is 5.10 Å². The number of rotatable bonds is 5. The molecule has 6 nitrogen and oxygen atoms in total. The molecule has 2 aromatic carbocycles. The first kappa shape index (κ1) is 18.0. The summed E-state index contributed by atoms with van der Waals surface area (Å²) in [7, 11) is 0. The number of hydrogen-bond acceptors (Lipinski definition) is 3. The monoisotopic (exact) mass is 374 g/mol. The number of primary amides is 1. The number of carbonyl (C=O) groups is 2. The van der Waals surface area contributed by atoms with Gasteiger partial charge in [0.2, 0.25) is 5.91 Å². The van der Waals surface area contributed by atoms with Crippen LogP contribution in [0.3, 0.4) is 0 Å². The maximum absolute atomic E-state index is 12.6. The number of amides is 2. The predicted molar refractivity (Wildman–Crippen MR) is 106 cm³/mol. The molecule has 0 bridgehead atoms. The molecule has 2 amide bonds. The van der Waals surface area contributed by atoms with Crippen LogP contribution in [0.15, 0.2) is 60.8 Å². The summed E-state index contributed by atoms with van der Waals surface area (Å²) in [6.45, 7) is 0.728. The second-order valence-electron chi connectivity index (χ2n) is 7.05. The van der Waals surface area contributed by atoms with Gasteiger partial charge in [0.1, 0.15) is 0 Å². The van der Waals surface area contributed by atoms with Crippen molar-refractivity contribution in [1.82, 2.24) is 15.1 Å². The highest BCUT2D eigenvalue weighted by Gasteiger charge is 2.26. The Hall–Kier alpha value is -3.41. The molecular formula is C22H22N4O2. The molecule has 1 aliphatic carbocycles. The van der Waals surface area contributed by atoms with Gasteiger partial charge in [-0.05, 0) is 49.1 Å². The Morgan fingerprint density at radius 2 is 1.79 bits per heavy atom. The zero-order valence-corrected chi connectivity index (χ0v) is 15.5. The molecule has 0 saturated carbocycles. The number of aromatic nitrogens is 2. The molecule has 142 valence electrons. The van der Waals surface area contributed by atoms with E-state index in [0.717, 1.165) is 31.4 Å². The van der Waals surface area contributed by atoms with Gasteiger partial charge >= 0.3 is 0 Å². The molecule has 0 radical (unpaired) electrons. The van der Waals surface area contributed by atoms with Crippen molar-refractivity contribution < 1.29 is 9.59 Å². The van der Waals surface area contributed by atoms with E-state index in [4.69, 9.17) is 5.73 Å². The van der Waals surface area contributed by atoms with Crippen molar-refractivity contribution in [3.8, 4) is 0 Å². The number of hydrogen-bond donors (Lipinski definition) is 2. The molecule has 3 aromatic rings. The van der Waals surface area contributed by atoms with Crippen LogP contribution in [0, 0.1) is 0 Å². The summed E-state index contributed by atoms with van der Waals surface area (Å²) in [6, 6.07) is 16.6. The van der Waals surface area contributed by atoms with Crippen molar-refractivity contribution in [2.45, 2.75) is 31.8 Å². The van der Waals surface area contributed by atoms with Crippen LogP contribution in [0.1, 0.15) is 56.4 Å². The van der Waals surface area contributed by atoms with Crippen LogP contribution in [-0.4, -0.2) is 21.6 Å². The zero-order valence-electron chi connectivity index (χ0n) is 15.5. The lowest BCUT2D eigenvalue weighted by molar-refractivity contribution is 0.0930. The highest BCUT2D eigenvalue weighted by atomic mass is 16.2. The third-order valence-electron chi connectivity index (χ3n) is 5.17. The smallest absolute Gasteiger partial charge is 0.251 e. The molecule has 1 atom stereocenters. The van der Waals surface area contributed by atoms with Crippen LogP contribution >= 0.6 is 0 Å². The lowest BCUT2D eigenvalue weighted by Crippen LogP contribution is -2.31. The number of nitrogens with two attached hydrogens (primary N) is 1. The van der Waals surface area contributed by atoms with Gasteiger partial charge in [-0.25, -0.2) is 0 Å². The maximum Gasteiger partial charge on any atom is 0.251 e. The molecule has 4 rings (SSSR count). The summed E-state index contributed by atoms with van der Waals surface area (Å²) in [5.41, 5.74) is 9.62. The standard InChI is InChI=1S/C22H22N4O2/c23-21(27)16-9-11-17(12-10-16)22(28)25-19-7-4-8-20-18(19)13-24-26(20)14-15-5-2-1-3-6-15/h1-3,5-6,9-13,19H,4,7-8,14H2,(H2,23,27)(H,25,28). The Kier molecular flexibility index (Phi) is 4.93. The predicted octanol–water partition coefficient (Wildman–Crippen LogP) is 2.84. The SMILES string of the molecule is NC(=O)c1ccc(C(=O)NC2CCCc3c2cnn3Cc2ccccc2)cc1. The van der Waals surface area contributed by atoms with Crippen molar-refractivity contribution in [3.05, 3.63) is 88.7 Å². The number of nitrogens with one attached hydrogen (secondary N) is 1. The first-order valence-corrected chi connectivity index (χ1v) is 9.41. The molecule has 3 N–H and O–H groups in total. The molecule has 1 aromatic heterocycles. The van der Waals surface area contributed by atoms with Crippen molar-refractivity contribution in [2.24, 2.45) is 5.73 Å². The molecule has 0 fully saturated rings. The molecule has 1 unspecified atom stereocenters. The van der Waals surface area contributed by atoms with Crippen molar-refractivity contribution in [1.29, 1.82) is 0 Å². The third-order valence-corrected chi connectivity index (χ3v) is 5.17. The van der Waals surface area contributed by atoms with E-state index >= 15 is 0 Å². The van der Waals surface area contributed by atoms with Crippen molar-refractivity contribution >= 4 is 11.8 Å². The quantitative estimate of drug-likeness (QED) is 0.719. The van der Waals surface area contributed by atoms with Gasteiger partial charge in [0.15, 0.2) is 0 Å². The van der Waals surface area contributed by atoms with E-state index in [1.807, 2.05) is 29.1 Å². The van der Waals surface area contributed by atoms with Crippen LogP contribution in [0.2, 0.25) is 0 Å². The Labute approximate surface area is 163 Å². The first-order chi connectivity index (χ1) is 13.6. The summed E-state index contributed by atoms with van der Waals surface area (Å²) in [4.78, 5) is 23.8. The summed E-state index contributed by atoms with van der Waals surface area (Å²) < 4.78 is 2.03. The number of nitrogens with zero attached hydrogens (tertiary/aromatic N) is 2.